The fraction of sp³-hybridized carbons (Fsp3) is 0.400. The number of fused-ring (bicyclic) bond motifs is 3. The number of rotatable bonds is 14. The molecular weight excluding hydrogens is 717 g/mol. The van der Waals surface area contributed by atoms with Crippen molar-refractivity contribution in [3.05, 3.63) is 131 Å². The molecule has 288 valence electrons. The van der Waals surface area contributed by atoms with Gasteiger partial charge in [-0.1, -0.05) is 105 Å². The lowest BCUT2D eigenvalue weighted by Crippen LogP contribution is -2.65. The number of nitriles is 1. The zero-order chi connectivity index (χ0) is 39.0. The molecular formula is C45H50F4N4OSi. The summed E-state index contributed by atoms with van der Waals surface area (Å²) < 4.78 is 61.9. The number of H-pyrrole nitrogens is 1. The second kappa shape index (κ2) is 15.7. The van der Waals surface area contributed by atoms with Crippen molar-refractivity contribution < 1.29 is 22.4 Å². The number of aromatic amines is 1. The molecule has 2 aliphatic rings. The highest BCUT2D eigenvalue weighted by Gasteiger charge is 2.51. The largest absolute Gasteiger partial charge is 0.424 e. The number of halogens is 4. The fourth-order valence-corrected chi connectivity index (χ4v) is 12.8. The van der Waals surface area contributed by atoms with E-state index in [0.717, 1.165) is 32.5 Å². The van der Waals surface area contributed by atoms with Crippen LogP contribution in [0, 0.1) is 17.2 Å². The van der Waals surface area contributed by atoms with Crippen molar-refractivity contribution in [1.29, 1.82) is 5.26 Å². The maximum atomic E-state index is 16.7. The van der Waals surface area contributed by atoms with Crippen molar-refractivity contribution in [2.75, 3.05) is 32.9 Å². The molecule has 0 spiro atoms. The van der Waals surface area contributed by atoms with Gasteiger partial charge in [0.05, 0.1) is 30.9 Å². The molecule has 3 atom stereocenters. The number of likely N-dealkylation sites (tertiary alicyclic amines) is 1. The van der Waals surface area contributed by atoms with Crippen LogP contribution in [0.5, 0.6) is 0 Å². The molecule has 0 amide bonds. The second-order valence-corrected chi connectivity index (χ2v) is 20.2. The summed E-state index contributed by atoms with van der Waals surface area (Å²) in [6.45, 7) is 6.45. The van der Waals surface area contributed by atoms with Crippen LogP contribution in [0.1, 0.15) is 80.2 Å². The van der Waals surface area contributed by atoms with E-state index in [1.807, 2.05) is 111 Å². The Bertz CT molecular complexity index is 2090. The molecule has 1 fully saturated rings. The fourth-order valence-electron chi connectivity index (χ4n) is 9.03. The first-order valence-corrected chi connectivity index (χ1v) is 21.3. The van der Waals surface area contributed by atoms with Gasteiger partial charge in [0, 0.05) is 54.6 Å². The smallest absolute Gasteiger partial charge is 0.260 e. The molecule has 0 radical (unpaired) electrons. The van der Waals surface area contributed by atoms with Crippen LogP contribution in [0.25, 0.3) is 10.9 Å². The summed E-state index contributed by atoms with van der Waals surface area (Å²) in [4.78, 5) is 20.0. The van der Waals surface area contributed by atoms with Crippen molar-refractivity contribution in [3.63, 3.8) is 0 Å². The average molecular weight is 767 g/mol. The van der Waals surface area contributed by atoms with E-state index in [2.05, 4.69) is 11.1 Å². The number of para-hydroxylation sites is 1. The van der Waals surface area contributed by atoms with E-state index in [1.54, 1.807) is 23.1 Å². The monoisotopic (exact) mass is 766 g/mol. The number of nitrogens with zero attached hydrogens (tertiary/aromatic N) is 3. The number of aromatic nitrogens is 1. The van der Waals surface area contributed by atoms with E-state index >= 15 is 13.2 Å². The minimum absolute atomic E-state index is 0.0828. The van der Waals surface area contributed by atoms with Crippen molar-refractivity contribution in [2.24, 2.45) is 5.92 Å². The summed E-state index contributed by atoms with van der Waals surface area (Å²) in [6, 6.07) is 33.1. The van der Waals surface area contributed by atoms with E-state index in [4.69, 9.17) is 0 Å². The molecule has 5 aromatic rings. The quantitative estimate of drug-likeness (QED) is 0.0878. The Morgan fingerprint density at radius 2 is 1.56 bits per heavy atom. The molecule has 7 rings (SSSR count). The zero-order valence-electron chi connectivity index (χ0n) is 31.8. The number of benzene rings is 4. The summed E-state index contributed by atoms with van der Waals surface area (Å²) in [5, 5.41) is 12.2. The van der Waals surface area contributed by atoms with Crippen LogP contribution in [0.3, 0.4) is 0 Å². The predicted octanol–water partition coefficient (Wildman–Crippen LogP) is 8.63. The third kappa shape index (κ3) is 7.52. The van der Waals surface area contributed by atoms with Gasteiger partial charge in [0.25, 0.3) is 14.2 Å². The molecule has 5 nitrogen and oxygen atoms in total. The molecule has 0 aliphatic carbocycles. The Labute approximate surface area is 322 Å². The third-order valence-electron chi connectivity index (χ3n) is 12.2. The van der Waals surface area contributed by atoms with Gasteiger partial charge in [-0.2, -0.15) is 5.26 Å². The van der Waals surface area contributed by atoms with E-state index in [0.29, 0.717) is 43.6 Å². The number of hydrogen-bond acceptors (Lipinski definition) is 4. The number of hydrogen-bond donors (Lipinski definition) is 2. The van der Waals surface area contributed by atoms with Crippen LogP contribution in [0.4, 0.5) is 17.6 Å². The Morgan fingerprint density at radius 1 is 0.927 bits per heavy atom. The highest BCUT2D eigenvalue weighted by Crippen LogP contribution is 2.46. The second-order valence-electron chi connectivity index (χ2n) is 16.3. The van der Waals surface area contributed by atoms with Crippen molar-refractivity contribution in [2.45, 2.75) is 75.7 Å². The molecule has 2 aliphatic heterocycles. The van der Waals surface area contributed by atoms with Gasteiger partial charge >= 0.3 is 0 Å². The minimum atomic E-state index is -3.51. The first-order chi connectivity index (χ1) is 26.4. The zero-order valence-corrected chi connectivity index (χ0v) is 32.8. The topological polar surface area (TPSA) is 66.3 Å². The van der Waals surface area contributed by atoms with E-state index < -0.39 is 51.1 Å². The molecule has 1 unspecified atom stereocenters. The lowest BCUT2D eigenvalue weighted by molar-refractivity contribution is -0.0609. The molecule has 10 heteroatoms. The van der Waals surface area contributed by atoms with Gasteiger partial charge in [-0.05, 0) is 70.4 Å². The maximum absolute atomic E-state index is 16.7. The van der Waals surface area contributed by atoms with E-state index in [-0.39, 0.29) is 23.9 Å². The average Bonchev–Trinajstić information content (AvgIpc) is 3.54. The SMILES string of the molecule is C[C@@H]1Cc2c([nH]c3ccccc23)[C@@H](c2ccc(C(F)C3CN(CCCF)C3)cc2C#N)N1CC(F)(F)CCC(C)(C)[Si](O)(c1ccccc1)c1ccccc1. The summed E-state index contributed by atoms with van der Waals surface area (Å²) in [7, 11) is -3.51. The van der Waals surface area contributed by atoms with Crippen LogP contribution < -0.4 is 10.4 Å². The van der Waals surface area contributed by atoms with Gasteiger partial charge in [-0.3, -0.25) is 9.29 Å². The molecule has 1 aromatic heterocycles. The molecule has 3 heterocycles. The van der Waals surface area contributed by atoms with Gasteiger partial charge in [-0.15, -0.1) is 0 Å². The number of alkyl halides is 4. The first kappa shape index (κ1) is 39.0. The predicted molar refractivity (Wildman–Crippen MR) is 214 cm³/mol. The van der Waals surface area contributed by atoms with Crippen molar-refractivity contribution in [3.8, 4) is 6.07 Å². The van der Waals surface area contributed by atoms with Crippen LogP contribution in [0.2, 0.25) is 5.04 Å². The summed E-state index contributed by atoms with van der Waals surface area (Å²) >= 11 is 0. The van der Waals surface area contributed by atoms with Gasteiger partial charge in [0.1, 0.15) is 6.17 Å². The van der Waals surface area contributed by atoms with Gasteiger partial charge in [0.15, 0.2) is 0 Å². The van der Waals surface area contributed by atoms with E-state index in [1.165, 1.54) is 0 Å². The lowest BCUT2D eigenvalue weighted by atomic mass is 9.84. The summed E-state index contributed by atoms with van der Waals surface area (Å²) in [5.74, 6) is -3.40. The Hall–Kier alpha value is -4.27. The van der Waals surface area contributed by atoms with Crippen LogP contribution >= 0.6 is 0 Å². The van der Waals surface area contributed by atoms with Gasteiger partial charge in [0.2, 0.25) is 0 Å². The maximum Gasteiger partial charge on any atom is 0.260 e. The molecule has 55 heavy (non-hydrogen) atoms. The Kier molecular flexibility index (Phi) is 11.1. The summed E-state index contributed by atoms with van der Waals surface area (Å²) in [5.41, 5.74) is 3.91. The number of nitrogens with one attached hydrogen (secondary N) is 1. The molecule has 2 N–H and O–H groups in total. The molecule has 1 saturated heterocycles. The third-order valence-corrected chi connectivity index (χ3v) is 16.8. The lowest BCUT2D eigenvalue weighted by Gasteiger charge is -2.44. The molecule has 0 bridgehead atoms. The van der Waals surface area contributed by atoms with E-state index in [9.17, 15) is 14.4 Å². The molecule has 4 aromatic carbocycles. The first-order valence-electron chi connectivity index (χ1n) is 19.4. The van der Waals surface area contributed by atoms with Crippen LogP contribution in [-0.2, 0) is 6.42 Å². The Morgan fingerprint density at radius 3 is 2.20 bits per heavy atom. The highest BCUT2D eigenvalue weighted by molar-refractivity contribution is 6.98. The Balaban J connectivity index is 1.19. The highest BCUT2D eigenvalue weighted by atomic mass is 28.4. The normalized spacial score (nSPS) is 19.2. The summed E-state index contributed by atoms with van der Waals surface area (Å²) in [6.07, 6.45) is -0.694. The molecule has 0 saturated carbocycles. The standard InChI is InChI=1S/C45H50F4N4OSi/c1-31-25-39-38-17-10-11-18-40(38)51-42(39)43(37-20-19-32(26-33(37)27-50)41(47)34-28-52(29-34)24-12-23-46)53(31)30-45(48,49)22-21-44(2,3)55(54,35-13-6-4-7-14-35)36-15-8-5-9-16-36/h4-11,13-20,26,31,34,41,43,51,54H,12,21-25,28-30H2,1-3H3/t31-,41?,43-/m1/s1. The van der Waals surface area contributed by atoms with Gasteiger partial charge in [-0.25, -0.2) is 13.2 Å². The van der Waals surface area contributed by atoms with Crippen LogP contribution in [0.15, 0.2) is 103 Å². The van der Waals surface area contributed by atoms with Crippen molar-refractivity contribution in [1.82, 2.24) is 14.8 Å². The minimum Gasteiger partial charge on any atom is -0.424 e. The van der Waals surface area contributed by atoms with Crippen LogP contribution in [-0.4, -0.2) is 72.7 Å². The van der Waals surface area contributed by atoms with Gasteiger partial charge < -0.3 is 14.7 Å². The van der Waals surface area contributed by atoms with Crippen molar-refractivity contribution >= 4 is 29.6 Å².